The van der Waals surface area contributed by atoms with E-state index in [9.17, 15) is 9.59 Å². The molecule has 1 fully saturated rings. The summed E-state index contributed by atoms with van der Waals surface area (Å²) < 4.78 is 5.57. The van der Waals surface area contributed by atoms with Crippen LogP contribution in [0.5, 0.6) is 0 Å². The molecule has 0 aromatic rings. The summed E-state index contributed by atoms with van der Waals surface area (Å²) in [5.74, 6) is -0.733. The number of allylic oxidation sites excluding steroid dienone is 1. The van der Waals surface area contributed by atoms with E-state index in [-0.39, 0.29) is 29.6 Å². The lowest BCUT2D eigenvalue weighted by atomic mass is 9.93. The van der Waals surface area contributed by atoms with Crippen LogP contribution in [0, 0.1) is 23.7 Å². The van der Waals surface area contributed by atoms with Crippen molar-refractivity contribution >= 4 is 23.4 Å². The third-order valence-electron chi connectivity index (χ3n) is 3.64. The first-order chi connectivity index (χ1) is 8.88. The standard InChI is InChI=1S/C15H23ClO3/c1-9(2)14(10(3)4)19-15(18)13-11(7-8-16)5-6-12(13)17/h7-11,13-14H,5-6H2,1-4H3/b8-7+/t11-,13?/m0/s1. The normalized spacial score (nSPS) is 24.1. The number of esters is 1. The van der Waals surface area contributed by atoms with Gasteiger partial charge < -0.3 is 4.74 Å². The van der Waals surface area contributed by atoms with Gasteiger partial charge in [0, 0.05) is 12.0 Å². The van der Waals surface area contributed by atoms with Crippen LogP contribution in [0.3, 0.4) is 0 Å². The van der Waals surface area contributed by atoms with Crippen molar-refractivity contribution in [1.82, 2.24) is 0 Å². The molecule has 0 radical (unpaired) electrons. The molecule has 1 unspecified atom stereocenters. The SMILES string of the molecule is CC(C)C(OC(=O)C1C(=O)CC[C@H]1/C=C/Cl)C(C)C. The molecule has 1 aliphatic carbocycles. The van der Waals surface area contributed by atoms with Crippen molar-refractivity contribution in [3.8, 4) is 0 Å². The van der Waals surface area contributed by atoms with Crippen molar-refractivity contribution in [3.63, 3.8) is 0 Å². The van der Waals surface area contributed by atoms with Crippen LogP contribution in [-0.2, 0) is 14.3 Å². The van der Waals surface area contributed by atoms with Gasteiger partial charge in [0.25, 0.3) is 0 Å². The second kappa shape index (κ2) is 7.09. The zero-order valence-corrected chi connectivity index (χ0v) is 12.8. The Balaban J connectivity index is 2.77. The van der Waals surface area contributed by atoms with Crippen LogP contribution < -0.4 is 0 Å². The zero-order valence-electron chi connectivity index (χ0n) is 12.1. The molecule has 3 nitrogen and oxygen atoms in total. The molecule has 4 heteroatoms. The van der Waals surface area contributed by atoms with Gasteiger partial charge in [-0.1, -0.05) is 45.4 Å². The van der Waals surface area contributed by atoms with Crippen LogP contribution in [0.2, 0.25) is 0 Å². The summed E-state index contributed by atoms with van der Waals surface area (Å²) in [6.45, 7) is 8.07. The van der Waals surface area contributed by atoms with Gasteiger partial charge in [-0.05, 0) is 24.2 Å². The Bertz CT molecular complexity index is 352. The molecule has 0 spiro atoms. The van der Waals surface area contributed by atoms with Crippen molar-refractivity contribution in [1.29, 1.82) is 0 Å². The lowest BCUT2D eigenvalue weighted by molar-refractivity contribution is -0.161. The molecule has 0 saturated heterocycles. The first-order valence-corrected chi connectivity index (χ1v) is 7.32. The first kappa shape index (κ1) is 16.2. The number of hydrogen-bond acceptors (Lipinski definition) is 3. The number of rotatable bonds is 5. The highest BCUT2D eigenvalue weighted by Gasteiger charge is 2.41. The molecule has 0 heterocycles. The Kier molecular flexibility index (Phi) is 6.05. The molecule has 1 rings (SSSR count). The van der Waals surface area contributed by atoms with Crippen LogP contribution in [-0.4, -0.2) is 17.9 Å². The summed E-state index contributed by atoms with van der Waals surface area (Å²) in [5.41, 5.74) is 1.38. The van der Waals surface area contributed by atoms with Crippen molar-refractivity contribution in [3.05, 3.63) is 11.6 Å². The number of hydrogen-bond donors (Lipinski definition) is 0. The number of carbonyl (C=O) groups is 2. The molecule has 0 aliphatic heterocycles. The maximum Gasteiger partial charge on any atom is 0.317 e. The van der Waals surface area contributed by atoms with Gasteiger partial charge in [0.05, 0.1) is 0 Å². The molecule has 108 valence electrons. The average Bonchev–Trinajstić information content (AvgIpc) is 2.67. The molecule has 19 heavy (non-hydrogen) atoms. The molecule has 0 bridgehead atoms. The first-order valence-electron chi connectivity index (χ1n) is 6.88. The van der Waals surface area contributed by atoms with Gasteiger partial charge in [-0.15, -0.1) is 0 Å². The topological polar surface area (TPSA) is 43.4 Å². The molecule has 0 aromatic heterocycles. The fourth-order valence-corrected chi connectivity index (χ4v) is 2.91. The summed E-state index contributed by atoms with van der Waals surface area (Å²) in [6, 6.07) is 0. The minimum absolute atomic E-state index is 0.0315. The lowest BCUT2D eigenvalue weighted by Gasteiger charge is -2.27. The second-order valence-corrected chi connectivity index (χ2v) is 6.11. The molecular formula is C15H23ClO3. The van der Waals surface area contributed by atoms with Crippen LogP contribution in [0.1, 0.15) is 40.5 Å². The van der Waals surface area contributed by atoms with E-state index >= 15 is 0 Å². The molecule has 2 atom stereocenters. The Morgan fingerprint density at radius 3 is 2.37 bits per heavy atom. The Labute approximate surface area is 120 Å². The van der Waals surface area contributed by atoms with Crippen molar-refractivity contribution < 1.29 is 14.3 Å². The quantitative estimate of drug-likeness (QED) is 0.573. The van der Waals surface area contributed by atoms with E-state index in [0.717, 1.165) is 0 Å². The van der Waals surface area contributed by atoms with E-state index in [4.69, 9.17) is 16.3 Å². The van der Waals surface area contributed by atoms with E-state index < -0.39 is 11.9 Å². The summed E-state index contributed by atoms with van der Waals surface area (Å²) in [4.78, 5) is 24.1. The van der Waals surface area contributed by atoms with E-state index in [0.29, 0.717) is 12.8 Å². The number of Topliss-reactive ketones (excluding diaryl/α,β-unsaturated/α-hetero) is 1. The van der Waals surface area contributed by atoms with Crippen LogP contribution >= 0.6 is 11.6 Å². The van der Waals surface area contributed by atoms with Gasteiger partial charge in [0.1, 0.15) is 17.8 Å². The average molecular weight is 287 g/mol. The van der Waals surface area contributed by atoms with Crippen molar-refractivity contribution in [2.24, 2.45) is 23.7 Å². The Hall–Kier alpha value is -0.830. The smallest absolute Gasteiger partial charge is 0.317 e. The van der Waals surface area contributed by atoms with Gasteiger partial charge in [0.2, 0.25) is 0 Å². The molecular weight excluding hydrogens is 264 g/mol. The van der Waals surface area contributed by atoms with E-state index in [1.54, 1.807) is 6.08 Å². The predicted molar refractivity (Wildman–Crippen MR) is 75.8 cm³/mol. The summed E-state index contributed by atoms with van der Waals surface area (Å²) >= 11 is 5.56. The number of halogens is 1. The van der Waals surface area contributed by atoms with E-state index in [2.05, 4.69) is 0 Å². The van der Waals surface area contributed by atoms with Gasteiger partial charge in [-0.25, -0.2) is 0 Å². The number of ketones is 1. The van der Waals surface area contributed by atoms with Gasteiger partial charge in [0.15, 0.2) is 0 Å². The highest BCUT2D eigenvalue weighted by Crippen LogP contribution is 2.32. The monoisotopic (exact) mass is 286 g/mol. The summed E-state index contributed by atoms with van der Waals surface area (Å²) in [5, 5.41) is 0. The minimum Gasteiger partial charge on any atom is -0.461 e. The van der Waals surface area contributed by atoms with Gasteiger partial charge >= 0.3 is 5.97 Å². The van der Waals surface area contributed by atoms with Gasteiger partial charge in [-0.2, -0.15) is 0 Å². The van der Waals surface area contributed by atoms with Crippen LogP contribution in [0.4, 0.5) is 0 Å². The van der Waals surface area contributed by atoms with E-state index in [1.165, 1.54) is 5.54 Å². The minimum atomic E-state index is -0.671. The molecule has 0 N–H and O–H groups in total. The van der Waals surface area contributed by atoms with Crippen LogP contribution in [0.15, 0.2) is 11.6 Å². The fraction of sp³-hybridized carbons (Fsp3) is 0.733. The van der Waals surface area contributed by atoms with E-state index in [1.807, 2.05) is 27.7 Å². The molecule has 0 aromatic carbocycles. The third-order valence-corrected chi connectivity index (χ3v) is 3.78. The summed E-state index contributed by atoms with van der Waals surface area (Å²) in [7, 11) is 0. The maximum absolute atomic E-state index is 12.2. The highest BCUT2D eigenvalue weighted by molar-refractivity contribution is 6.25. The largest absolute Gasteiger partial charge is 0.461 e. The highest BCUT2D eigenvalue weighted by atomic mass is 35.5. The number of ether oxygens (including phenoxy) is 1. The third kappa shape index (κ3) is 4.07. The number of carbonyl (C=O) groups excluding carboxylic acids is 2. The zero-order chi connectivity index (χ0) is 14.6. The predicted octanol–water partition coefficient (Wildman–Crippen LogP) is 3.56. The Morgan fingerprint density at radius 2 is 1.89 bits per heavy atom. The van der Waals surface area contributed by atoms with Crippen molar-refractivity contribution in [2.45, 2.75) is 46.6 Å². The maximum atomic E-state index is 12.2. The van der Waals surface area contributed by atoms with Crippen molar-refractivity contribution in [2.75, 3.05) is 0 Å². The molecule has 1 saturated carbocycles. The van der Waals surface area contributed by atoms with Gasteiger partial charge in [-0.3, -0.25) is 9.59 Å². The molecule has 0 amide bonds. The summed E-state index contributed by atoms with van der Waals surface area (Å²) in [6.07, 6.45) is 2.68. The molecule has 1 aliphatic rings. The Morgan fingerprint density at radius 1 is 1.32 bits per heavy atom. The lowest BCUT2D eigenvalue weighted by Crippen LogP contribution is -2.34. The fourth-order valence-electron chi connectivity index (χ4n) is 2.73. The second-order valence-electron chi connectivity index (χ2n) is 5.85. The van der Waals surface area contributed by atoms with Crippen LogP contribution in [0.25, 0.3) is 0 Å².